The minimum atomic E-state index is -4.21. The molecule has 0 spiro atoms. The van der Waals surface area contributed by atoms with Crippen LogP contribution in [0.3, 0.4) is 0 Å². The monoisotopic (exact) mass is 335 g/mol. The van der Waals surface area contributed by atoms with Crippen LogP contribution in [0.25, 0.3) is 0 Å². The lowest BCUT2D eigenvalue weighted by Gasteiger charge is -2.08. The number of hydrogen-bond donors (Lipinski definition) is 0. The average Bonchev–Trinajstić information content (AvgIpc) is 2.47. The Bertz CT molecular complexity index is 871. The Hall–Kier alpha value is -2.74. The highest BCUT2D eigenvalue weighted by atomic mass is 32.2. The van der Waals surface area contributed by atoms with Crippen molar-refractivity contribution in [3.63, 3.8) is 0 Å². The van der Waals surface area contributed by atoms with Gasteiger partial charge in [0.15, 0.2) is 5.78 Å². The minimum Gasteiger partial charge on any atom is -0.372 e. The van der Waals surface area contributed by atoms with Gasteiger partial charge in [-0.15, -0.1) is 0 Å². The fourth-order valence-electron chi connectivity index (χ4n) is 1.82. The SMILES string of the molecule is CC(=O)c1ccc(OS(=O)(=O)c2ccc(C)cc2)c([N+](=O)[O-])c1. The Morgan fingerprint density at radius 2 is 1.74 bits per heavy atom. The lowest BCUT2D eigenvalue weighted by molar-refractivity contribution is -0.385. The second kappa shape index (κ2) is 6.17. The molecular formula is C15H13NO6S. The quantitative estimate of drug-likeness (QED) is 0.360. The van der Waals surface area contributed by atoms with Gasteiger partial charge < -0.3 is 4.18 Å². The van der Waals surface area contributed by atoms with E-state index in [9.17, 15) is 23.3 Å². The van der Waals surface area contributed by atoms with E-state index in [0.717, 1.165) is 17.7 Å². The van der Waals surface area contributed by atoms with Crippen molar-refractivity contribution in [2.45, 2.75) is 18.7 Å². The van der Waals surface area contributed by atoms with Gasteiger partial charge in [0.2, 0.25) is 5.75 Å². The van der Waals surface area contributed by atoms with Crippen LogP contribution in [0.5, 0.6) is 5.75 Å². The third kappa shape index (κ3) is 3.72. The molecule has 0 aliphatic carbocycles. The fraction of sp³-hybridized carbons (Fsp3) is 0.133. The Morgan fingerprint density at radius 3 is 2.26 bits per heavy atom. The summed E-state index contributed by atoms with van der Waals surface area (Å²) in [6.07, 6.45) is 0. The third-order valence-corrected chi connectivity index (χ3v) is 4.32. The number of nitrogens with zero attached hydrogens (tertiary/aromatic N) is 1. The molecule has 0 N–H and O–H groups in total. The predicted octanol–water partition coefficient (Wildman–Crippen LogP) is 2.87. The summed E-state index contributed by atoms with van der Waals surface area (Å²) in [5.74, 6) is -0.818. The lowest BCUT2D eigenvalue weighted by Crippen LogP contribution is -2.11. The van der Waals surface area contributed by atoms with Crippen LogP contribution in [0.1, 0.15) is 22.8 Å². The van der Waals surface area contributed by atoms with Crippen LogP contribution >= 0.6 is 0 Å². The highest BCUT2D eigenvalue weighted by molar-refractivity contribution is 7.87. The topological polar surface area (TPSA) is 104 Å². The second-order valence-corrected chi connectivity index (χ2v) is 6.39. The summed E-state index contributed by atoms with van der Waals surface area (Å²) in [4.78, 5) is 21.5. The molecule has 0 saturated heterocycles. The third-order valence-electron chi connectivity index (χ3n) is 3.07. The molecule has 0 bridgehead atoms. The smallest absolute Gasteiger partial charge is 0.339 e. The first-order valence-electron chi connectivity index (χ1n) is 6.51. The number of benzene rings is 2. The van der Waals surface area contributed by atoms with E-state index in [4.69, 9.17) is 4.18 Å². The second-order valence-electron chi connectivity index (χ2n) is 4.85. The zero-order valence-electron chi connectivity index (χ0n) is 12.3. The summed E-state index contributed by atoms with van der Waals surface area (Å²) in [7, 11) is -4.21. The summed E-state index contributed by atoms with van der Waals surface area (Å²) >= 11 is 0. The van der Waals surface area contributed by atoms with Crippen LogP contribution < -0.4 is 4.18 Å². The number of carbonyl (C=O) groups is 1. The summed E-state index contributed by atoms with van der Waals surface area (Å²) in [5, 5.41) is 11.1. The molecule has 0 aliphatic rings. The molecule has 2 aromatic carbocycles. The first kappa shape index (κ1) is 16.6. The molecule has 0 atom stereocenters. The van der Waals surface area contributed by atoms with Gasteiger partial charge in [0.05, 0.1) is 4.92 Å². The van der Waals surface area contributed by atoms with Gasteiger partial charge >= 0.3 is 15.8 Å². The van der Waals surface area contributed by atoms with Crippen LogP contribution in [0.2, 0.25) is 0 Å². The number of ketones is 1. The van der Waals surface area contributed by atoms with E-state index in [0.29, 0.717) is 0 Å². The molecule has 2 rings (SSSR count). The van der Waals surface area contributed by atoms with Gasteiger partial charge in [-0.25, -0.2) is 0 Å². The molecule has 0 radical (unpaired) electrons. The highest BCUT2D eigenvalue weighted by Crippen LogP contribution is 2.30. The fourth-order valence-corrected chi connectivity index (χ4v) is 2.76. The zero-order valence-corrected chi connectivity index (χ0v) is 13.2. The van der Waals surface area contributed by atoms with E-state index in [1.165, 1.54) is 25.1 Å². The first-order valence-corrected chi connectivity index (χ1v) is 7.92. The van der Waals surface area contributed by atoms with E-state index in [1.54, 1.807) is 19.1 Å². The summed E-state index contributed by atoms with van der Waals surface area (Å²) in [6.45, 7) is 3.05. The van der Waals surface area contributed by atoms with Crippen molar-refractivity contribution in [1.82, 2.24) is 0 Å². The number of nitro groups is 1. The molecule has 0 aromatic heterocycles. The number of aryl methyl sites for hydroxylation is 1. The van der Waals surface area contributed by atoms with Crippen LogP contribution in [0, 0.1) is 17.0 Å². The summed E-state index contributed by atoms with van der Waals surface area (Å²) in [6, 6.07) is 9.23. The van der Waals surface area contributed by atoms with Crippen molar-refractivity contribution in [3.05, 3.63) is 63.7 Å². The van der Waals surface area contributed by atoms with Gasteiger partial charge in [0, 0.05) is 11.6 Å². The first-order chi connectivity index (χ1) is 10.7. The largest absolute Gasteiger partial charge is 0.372 e. The Morgan fingerprint density at radius 1 is 1.13 bits per heavy atom. The molecule has 0 amide bonds. The maximum atomic E-state index is 12.2. The molecule has 23 heavy (non-hydrogen) atoms. The molecule has 120 valence electrons. The highest BCUT2D eigenvalue weighted by Gasteiger charge is 2.24. The van der Waals surface area contributed by atoms with Gasteiger partial charge in [-0.2, -0.15) is 8.42 Å². The van der Waals surface area contributed by atoms with Crippen molar-refractivity contribution in [2.24, 2.45) is 0 Å². The van der Waals surface area contributed by atoms with E-state index < -0.39 is 26.5 Å². The molecule has 0 heterocycles. The lowest BCUT2D eigenvalue weighted by atomic mass is 10.1. The molecule has 0 unspecified atom stereocenters. The zero-order chi connectivity index (χ0) is 17.2. The van der Waals surface area contributed by atoms with Crippen molar-refractivity contribution in [1.29, 1.82) is 0 Å². The number of hydrogen-bond acceptors (Lipinski definition) is 6. The number of nitro benzene ring substituents is 1. The molecule has 2 aromatic rings. The van der Waals surface area contributed by atoms with E-state index in [1.807, 2.05) is 0 Å². The maximum Gasteiger partial charge on any atom is 0.339 e. The molecular weight excluding hydrogens is 322 g/mol. The summed E-state index contributed by atoms with van der Waals surface area (Å²) in [5.41, 5.74) is 0.367. The van der Waals surface area contributed by atoms with Crippen molar-refractivity contribution < 1.29 is 22.3 Å². The maximum absolute atomic E-state index is 12.2. The Labute approximate surface area is 132 Å². The normalized spacial score (nSPS) is 11.0. The molecule has 0 aliphatic heterocycles. The van der Waals surface area contributed by atoms with Gasteiger partial charge in [-0.1, -0.05) is 17.7 Å². The van der Waals surface area contributed by atoms with Crippen molar-refractivity contribution >= 4 is 21.6 Å². The average molecular weight is 335 g/mol. The predicted molar refractivity (Wildman–Crippen MR) is 82.1 cm³/mol. The summed E-state index contributed by atoms with van der Waals surface area (Å²) < 4.78 is 29.3. The van der Waals surface area contributed by atoms with Gasteiger partial charge in [0.25, 0.3) is 0 Å². The van der Waals surface area contributed by atoms with Crippen molar-refractivity contribution in [2.75, 3.05) is 0 Å². The number of carbonyl (C=O) groups excluding carboxylic acids is 1. The Kier molecular flexibility index (Phi) is 4.46. The van der Waals surface area contributed by atoms with Crippen LogP contribution in [-0.4, -0.2) is 19.1 Å². The van der Waals surface area contributed by atoms with E-state index in [-0.39, 0.29) is 16.2 Å². The number of Topliss-reactive ketones (excluding diaryl/α,β-unsaturated/α-hetero) is 1. The van der Waals surface area contributed by atoms with Gasteiger partial charge in [-0.3, -0.25) is 14.9 Å². The van der Waals surface area contributed by atoms with E-state index >= 15 is 0 Å². The van der Waals surface area contributed by atoms with Crippen LogP contribution in [-0.2, 0) is 10.1 Å². The van der Waals surface area contributed by atoms with Gasteiger partial charge in [0.1, 0.15) is 4.90 Å². The van der Waals surface area contributed by atoms with E-state index in [2.05, 4.69) is 0 Å². The van der Waals surface area contributed by atoms with Gasteiger partial charge in [-0.05, 0) is 38.1 Å². The molecule has 0 saturated carbocycles. The molecule has 8 heteroatoms. The Balaban J connectivity index is 2.44. The standard InChI is InChI=1S/C15H13NO6S/c1-10-3-6-13(7-4-10)23(20,21)22-15-8-5-12(11(2)17)9-14(15)16(18)19/h3-9H,1-2H3. The molecule has 7 nitrogen and oxygen atoms in total. The minimum absolute atomic E-state index is 0.0942. The van der Waals surface area contributed by atoms with Crippen molar-refractivity contribution in [3.8, 4) is 5.75 Å². The van der Waals surface area contributed by atoms with Crippen LogP contribution in [0.4, 0.5) is 5.69 Å². The number of rotatable bonds is 5. The van der Waals surface area contributed by atoms with Crippen LogP contribution in [0.15, 0.2) is 47.4 Å². The molecule has 0 fully saturated rings.